The standard InChI is InChI=1S/C21H24O9S.C18H15S.C14H14.C12H16O3.C11H14.2C10H14O.C10H14/c1-4-21(2,3)20(24)30-17-13-9-12-15(19(23)29-16(12)17)14(13)18(22)28-10-5-7-11(8-6-10)31(25,26)27;1-4-10-16(11-5-1)19(17-12-6-2-7-13-17)18-14-8-3-9-15-18;1-9-10(2)13-8-4-6-11-5-3-7-12(9)14(11)13;1-4-12(2,3)11(14)15-10-7-5-9(13)6-8-10;1-8-7-10-5-3-4-6-11(10)9(8)2;1-3-8(2)9-4-6-10(11)7-5-9;1-3-8(2)9-5-4-6-10(11)7-9;1-3-9(2)10-7-5-4-6-8-10/h5-8,12-17H,4,9H2,1-3H3,(H,25,26,27);1-15H;3-10H,1-2H3;5-8,13H,4H2,1-3H3;3-6,8-9H,7H2,1-2H3;2*4-8,11H,3H2,1-2H3;4-9H,3H2,1-2H3/q;+1;;;;;;/p-1. The first-order valence-corrected chi connectivity index (χ1v) is 45.7. The van der Waals surface area contributed by atoms with Gasteiger partial charge in [0.2, 0.25) is 0 Å². The molecule has 2 saturated carbocycles. The quantitative estimate of drug-likeness (QED) is 0.0315. The molecule has 1 saturated heterocycles. The van der Waals surface area contributed by atoms with Gasteiger partial charge in [-0.25, -0.2) is 8.42 Å². The van der Waals surface area contributed by atoms with Gasteiger partial charge in [-0.3, -0.25) is 19.2 Å². The Morgan fingerprint density at radius 3 is 1.37 bits per heavy atom. The Morgan fingerprint density at radius 1 is 0.475 bits per heavy atom. The SMILES string of the molecule is CC1Cc2ccccc2C1C.CC1c2cccc3cccc(c23)C1C.CCC(C)(C)C(=O)OC1C2CC3C1OC(=O)C3C2C(=O)Oc1ccc(S(=O)(=O)[O-])cc1.CCC(C)(C)C(=O)Oc1ccc(O)cc1.CCC(C)c1ccc(O)cc1.CCC(C)c1cccc(O)c1.CCC(C)c1ccccc1.c1ccc([S+](c2ccccc2)c2ccccc2)cc1. The van der Waals surface area contributed by atoms with Crippen molar-refractivity contribution in [1.29, 1.82) is 0 Å². The lowest BCUT2D eigenvalue weighted by atomic mass is 9.78. The van der Waals surface area contributed by atoms with E-state index in [2.05, 4.69) is 251 Å². The predicted octanol–water partition coefficient (Wildman–Crippen LogP) is 25.2. The average molecular weight is 1690 g/mol. The molecule has 11 aromatic rings. The van der Waals surface area contributed by atoms with Gasteiger partial charge in [-0.05, 0) is 273 Å². The number of fused-ring (bicyclic) bond motifs is 2. The van der Waals surface area contributed by atoms with E-state index in [1.807, 2.05) is 58.0 Å². The zero-order chi connectivity index (χ0) is 88.6. The summed E-state index contributed by atoms with van der Waals surface area (Å²) in [5.74, 6) is 2.23. The van der Waals surface area contributed by atoms with Crippen LogP contribution < -0.4 is 9.47 Å². The first-order chi connectivity index (χ1) is 58.2. The summed E-state index contributed by atoms with van der Waals surface area (Å²) in [6.07, 6.45) is 5.31. The summed E-state index contributed by atoms with van der Waals surface area (Å²) in [4.78, 5) is 53.3. The van der Waals surface area contributed by atoms with Gasteiger partial charge in [-0.15, -0.1) is 0 Å². The number of phenolic OH excluding ortho intramolecular Hbond substituents is 3. The molecule has 1 heterocycles. The fraction of sp³-hybridized carbons (Fsp3) is 0.358. The number of phenols is 3. The molecule has 3 fully saturated rings. The van der Waals surface area contributed by atoms with Gasteiger partial charge in [-0.2, -0.15) is 0 Å². The molecule has 16 rings (SSSR count). The second-order valence-corrected chi connectivity index (χ2v) is 37.3. The van der Waals surface area contributed by atoms with Crippen molar-refractivity contribution in [3.05, 3.63) is 318 Å². The van der Waals surface area contributed by atoms with E-state index in [1.165, 1.54) is 90.4 Å². The van der Waals surface area contributed by atoms with Gasteiger partial charge in [0.05, 0.1) is 38.5 Å². The summed E-state index contributed by atoms with van der Waals surface area (Å²) in [7, 11) is -4.63. The lowest BCUT2D eigenvalue weighted by Gasteiger charge is -2.32. The summed E-state index contributed by atoms with van der Waals surface area (Å²) in [5.41, 5.74) is 8.98. The molecule has 0 aromatic heterocycles. The molecule has 13 unspecified atom stereocenters. The fourth-order valence-electron chi connectivity index (χ4n) is 15.6. The van der Waals surface area contributed by atoms with Crippen LogP contribution in [0.1, 0.15) is 224 Å². The minimum Gasteiger partial charge on any atom is -0.744 e. The van der Waals surface area contributed by atoms with Crippen LogP contribution in [-0.4, -0.2) is 64.4 Å². The topological polar surface area (TPSA) is 223 Å². The third-order valence-corrected chi connectivity index (χ3v) is 28.1. The maximum absolute atomic E-state index is 13.0. The van der Waals surface area contributed by atoms with Crippen LogP contribution in [0.4, 0.5) is 0 Å². The van der Waals surface area contributed by atoms with Gasteiger partial charge in [0, 0.05) is 11.8 Å². The summed E-state index contributed by atoms with van der Waals surface area (Å²) in [6.45, 7) is 33.5. The molecule has 2 bridgehead atoms. The highest BCUT2D eigenvalue weighted by atomic mass is 32.2. The molecule has 5 aliphatic rings. The molecule has 14 nitrogen and oxygen atoms in total. The Bertz CT molecular complexity index is 5120. The van der Waals surface area contributed by atoms with Gasteiger partial charge in [0.1, 0.15) is 51.1 Å². The number of carbonyl (C=O) groups is 4. The first-order valence-electron chi connectivity index (χ1n) is 43.1. The zero-order valence-electron chi connectivity index (χ0n) is 73.7. The lowest BCUT2D eigenvalue weighted by molar-refractivity contribution is -0.172. The molecular formula is C106H124O14S2. The van der Waals surface area contributed by atoms with E-state index in [4.69, 9.17) is 34.3 Å². The number of benzene rings is 11. The smallest absolute Gasteiger partial charge is 0.316 e. The Hall–Kier alpha value is -10.8. The summed E-state index contributed by atoms with van der Waals surface area (Å²) in [5, 5.41) is 30.1. The monoisotopic (exact) mass is 1680 g/mol. The van der Waals surface area contributed by atoms with Gasteiger partial charge < -0.3 is 38.8 Å². The van der Waals surface area contributed by atoms with Gasteiger partial charge in [0.25, 0.3) is 0 Å². The van der Waals surface area contributed by atoms with E-state index >= 15 is 0 Å². The van der Waals surface area contributed by atoms with E-state index in [9.17, 15) is 32.1 Å². The molecule has 0 amide bonds. The van der Waals surface area contributed by atoms with Crippen LogP contribution in [0.2, 0.25) is 0 Å². The molecule has 0 spiro atoms. The Labute approximate surface area is 727 Å². The van der Waals surface area contributed by atoms with Crippen LogP contribution in [0, 0.1) is 40.4 Å². The highest BCUT2D eigenvalue weighted by Crippen LogP contribution is 2.59. The van der Waals surface area contributed by atoms with Gasteiger partial charge >= 0.3 is 23.9 Å². The van der Waals surface area contributed by atoms with E-state index in [-0.39, 0.29) is 34.3 Å². The number of aromatic hydroxyl groups is 3. The highest BCUT2D eigenvalue weighted by molar-refractivity contribution is 7.97. The van der Waals surface area contributed by atoms with Crippen LogP contribution in [0.3, 0.4) is 0 Å². The predicted molar refractivity (Wildman–Crippen MR) is 489 cm³/mol. The maximum Gasteiger partial charge on any atom is 0.316 e. The number of ether oxygens (including phenoxy) is 4. The molecule has 3 N–H and O–H groups in total. The van der Waals surface area contributed by atoms with Crippen molar-refractivity contribution in [2.24, 2.45) is 40.4 Å². The minimum atomic E-state index is -4.62. The summed E-state index contributed by atoms with van der Waals surface area (Å²) >= 11 is 0. The fourth-order valence-corrected chi connectivity index (χ4v) is 18.1. The molecular weight excluding hydrogens is 1560 g/mol. The molecule has 644 valence electrons. The third kappa shape index (κ3) is 25.0. The molecule has 122 heavy (non-hydrogen) atoms. The van der Waals surface area contributed by atoms with E-state index < -0.39 is 73.7 Å². The van der Waals surface area contributed by atoms with Crippen molar-refractivity contribution in [3.8, 4) is 28.7 Å². The van der Waals surface area contributed by atoms with Crippen LogP contribution in [0.5, 0.6) is 28.7 Å². The minimum absolute atomic E-state index is 0.0146. The highest BCUT2D eigenvalue weighted by Gasteiger charge is 2.70. The molecule has 0 radical (unpaired) electrons. The number of hydrogen-bond donors (Lipinski definition) is 3. The maximum atomic E-state index is 13.0. The van der Waals surface area contributed by atoms with Crippen LogP contribution in [-0.2, 0) is 56.1 Å². The molecule has 4 aliphatic carbocycles. The summed E-state index contributed by atoms with van der Waals surface area (Å²) < 4.78 is 54.9. The normalized spacial score (nSPS) is 19.8. The summed E-state index contributed by atoms with van der Waals surface area (Å²) in [6, 6.07) is 90.4. The van der Waals surface area contributed by atoms with Gasteiger partial charge in [-0.1, -0.05) is 253 Å². The Balaban J connectivity index is 0.000000164. The van der Waals surface area contributed by atoms with Crippen LogP contribution in [0.15, 0.2) is 299 Å². The van der Waals surface area contributed by atoms with E-state index in [0.29, 0.717) is 59.7 Å². The molecule has 13 atom stereocenters. The van der Waals surface area contributed by atoms with E-state index in [1.54, 1.807) is 55.3 Å². The van der Waals surface area contributed by atoms with Crippen molar-refractivity contribution in [2.45, 2.75) is 223 Å². The van der Waals surface area contributed by atoms with Crippen molar-refractivity contribution >= 4 is 55.7 Å². The lowest BCUT2D eigenvalue weighted by Crippen LogP contribution is -2.45. The third-order valence-electron chi connectivity index (χ3n) is 25.0. The van der Waals surface area contributed by atoms with Crippen molar-refractivity contribution in [1.82, 2.24) is 0 Å². The molecule has 11 aromatic carbocycles. The van der Waals surface area contributed by atoms with Crippen LogP contribution >= 0.6 is 0 Å². The largest absolute Gasteiger partial charge is 0.744 e. The first kappa shape index (κ1) is 95.1. The number of esters is 4. The van der Waals surface area contributed by atoms with Crippen LogP contribution in [0.25, 0.3) is 10.8 Å². The van der Waals surface area contributed by atoms with Crippen molar-refractivity contribution in [3.63, 3.8) is 0 Å². The number of carbonyl (C=O) groups excluding carboxylic acids is 4. The zero-order valence-corrected chi connectivity index (χ0v) is 75.3. The number of hydrogen-bond acceptors (Lipinski definition) is 14. The average Bonchev–Trinajstić information content (AvgIpc) is 1.54. The van der Waals surface area contributed by atoms with Crippen molar-refractivity contribution < 1.29 is 66.4 Å². The molecule has 1 aliphatic heterocycles. The second-order valence-electron chi connectivity index (χ2n) is 33.9. The number of rotatable bonds is 18. The van der Waals surface area contributed by atoms with Crippen molar-refractivity contribution in [2.75, 3.05) is 0 Å². The van der Waals surface area contributed by atoms with E-state index in [0.717, 1.165) is 43.2 Å². The van der Waals surface area contributed by atoms with Gasteiger partial charge in [0.15, 0.2) is 14.7 Å². The molecule has 16 heteroatoms. The second kappa shape index (κ2) is 44.3. The Morgan fingerprint density at radius 2 is 0.893 bits per heavy atom. The Kier molecular flexibility index (Phi) is 34.5.